The molecule has 1 atom stereocenters. The fraction of sp³-hybridized carbons (Fsp3) is 0.263. The van der Waals surface area contributed by atoms with Crippen LogP contribution >= 0.6 is 0 Å². The smallest absolute Gasteiger partial charge is 0.140 e. The number of aryl methyl sites for hydroxylation is 1. The Morgan fingerprint density at radius 2 is 1.92 bits per heavy atom. The van der Waals surface area contributed by atoms with Crippen LogP contribution in [0.15, 0.2) is 48.7 Å². The third-order valence-corrected chi connectivity index (χ3v) is 4.35. The van der Waals surface area contributed by atoms with Gasteiger partial charge in [0, 0.05) is 11.8 Å². The summed E-state index contributed by atoms with van der Waals surface area (Å²) >= 11 is 0. The second kappa shape index (κ2) is 6.84. The first kappa shape index (κ1) is 16.2. The highest BCUT2D eigenvalue weighted by Gasteiger charge is 2.19. The van der Waals surface area contributed by atoms with E-state index in [-0.39, 0.29) is 5.69 Å². The van der Waals surface area contributed by atoms with Crippen LogP contribution in [-0.2, 0) is 13.1 Å². The molecule has 0 fully saturated rings. The van der Waals surface area contributed by atoms with Crippen molar-refractivity contribution >= 4 is 11.6 Å². The Morgan fingerprint density at radius 3 is 2.58 bits per heavy atom. The quantitative estimate of drug-likeness (QED) is 0.723. The molecule has 3 rings (SSSR count). The van der Waals surface area contributed by atoms with Crippen molar-refractivity contribution in [1.29, 1.82) is 0 Å². The van der Waals surface area contributed by atoms with Crippen LogP contribution in [0.3, 0.4) is 0 Å². The van der Waals surface area contributed by atoms with Gasteiger partial charge in [-0.25, -0.2) is 4.98 Å². The molecular formula is C19H21N3O2. The third kappa shape index (κ3) is 3.16. The molecule has 0 radical (unpaired) electrons. The predicted molar refractivity (Wildman–Crippen MR) is 89.6 cm³/mol. The van der Waals surface area contributed by atoms with Gasteiger partial charge in [0.15, 0.2) is 0 Å². The van der Waals surface area contributed by atoms with Crippen LogP contribution < -0.4 is 10.0 Å². The molecule has 0 aliphatic carbocycles. The highest BCUT2D eigenvalue weighted by Crippen LogP contribution is 2.15. The number of benzene rings is 1. The summed E-state index contributed by atoms with van der Waals surface area (Å²) in [5.41, 5.74) is 3.60. The number of carbonyl (C=O) groups is 1. The standard InChI is InChI=1S/C19H21N3O2/c1-3-21(12-15-9-5-4-6-10-15)13-16-17(19(23)24)20-18-14(2)8-7-11-22(16)18/h4-11H,3,12-13H2,1-2H3,(H,23,24). The molecule has 0 saturated carbocycles. The first-order chi connectivity index (χ1) is 11.6. The number of nitrogens with zero attached hydrogens (tertiary/aromatic N) is 2. The lowest BCUT2D eigenvalue weighted by molar-refractivity contribution is -0.926. The summed E-state index contributed by atoms with van der Waals surface area (Å²) in [4.78, 5) is 17.1. The van der Waals surface area contributed by atoms with Crippen LogP contribution in [0.25, 0.3) is 5.65 Å². The summed E-state index contributed by atoms with van der Waals surface area (Å²) in [6.45, 7) is 6.34. The van der Waals surface area contributed by atoms with Gasteiger partial charge in [0.25, 0.3) is 0 Å². The number of pyridine rings is 1. The first-order valence-electron chi connectivity index (χ1n) is 8.15. The van der Waals surface area contributed by atoms with E-state index in [0.29, 0.717) is 17.9 Å². The average molecular weight is 323 g/mol. The Kier molecular flexibility index (Phi) is 4.62. The fourth-order valence-corrected chi connectivity index (χ4v) is 3.02. The fourth-order valence-electron chi connectivity index (χ4n) is 3.02. The molecule has 24 heavy (non-hydrogen) atoms. The summed E-state index contributed by atoms with van der Waals surface area (Å²) < 4.78 is 1.88. The van der Waals surface area contributed by atoms with Crippen molar-refractivity contribution in [3.05, 3.63) is 71.2 Å². The zero-order chi connectivity index (χ0) is 17.1. The summed E-state index contributed by atoms with van der Waals surface area (Å²) in [6.07, 6.45) is 1.87. The molecule has 5 nitrogen and oxygen atoms in total. The molecule has 3 aromatic rings. The molecule has 2 aromatic heterocycles. The maximum absolute atomic E-state index is 11.5. The van der Waals surface area contributed by atoms with E-state index in [1.165, 1.54) is 10.5 Å². The zero-order valence-electron chi connectivity index (χ0n) is 14.0. The van der Waals surface area contributed by atoms with Crippen molar-refractivity contribution in [2.75, 3.05) is 6.54 Å². The van der Waals surface area contributed by atoms with Crippen molar-refractivity contribution < 1.29 is 14.8 Å². The zero-order valence-corrected chi connectivity index (χ0v) is 14.0. The van der Waals surface area contributed by atoms with E-state index in [1.54, 1.807) is 0 Å². The van der Waals surface area contributed by atoms with Crippen molar-refractivity contribution in [2.24, 2.45) is 0 Å². The number of carbonyl (C=O) groups excluding carboxylic acids is 1. The number of aromatic nitrogens is 2. The van der Waals surface area contributed by atoms with E-state index in [9.17, 15) is 9.90 Å². The molecule has 1 aromatic carbocycles. The molecule has 0 aliphatic heterocycles. The number of imidazole rings is 1. The van der Waals surface area contributed by atoms with E-state index < -0.39 is 5.97 Å². The Balaban J connectivity index is 1.97. The number of rotatable bonds is 6. The number of carboxylic acids is 1. The maximum atomic E-state index is 11.5. The highest BCUT2D eigenvalue weighted by molar-refractivity contribution is 5.86. The summed E-state index contributed by atoms with van der Waals surface area (Å²) in [5.74, 6) is -1.22. The number of hydrogen-bond donors (Lipinski definition) is 1. The van der Waals surface area contributed by atoms with Gasteiger partial charge >= 0.3 is 0 Å². The van der Waals surface area contributed by atoms with Gasteiger partial charge in [-0.2, -0.15) is 0 Å². The lowest BCUT2D eigenvalue weighted by Gasteiger charge is -2.18. The van der Waals surface area contributed by atoms with E-state index in [4.69, 9.17) is 0 Å². The van der Waals surface area contributed by atoms with Crippen molar-refractivity contribution in [1.82, 2.24) is 9.38 Å². The molecule has 2 heterocycles. The molecule has 5 heteroatoms. The van der Waals surface area contributed by atoms with E-state index in [2.05, 4.69) is 24.0 Å². The Hall–Kier alpha value is -2.66. The topological polar surface area (TPSA) is 61.9 Å². The summed E-state index contributed by atoms with van der Waals surface area (Å²) in [6, 6.07) is 14.1. The number of aromatic carboxylic acids is 1. The van der Waals surface area contributed by atoms with E-state index >= 15 is 0 Å². The Labute approximate surface area is 141 Å². The monoisotopic (exact) mass is 323 g/mol. The molecule has 0 aliphatic rings. The van der Waals surface area contributed by atoms with Crippen LogP contribution in [0.4, 0.5) is 0 Å². The van der Waals surface area contributed by atoms with Gasteiger partial charge < -0.3 is 14.8 Å². The Bertz CT molecular complexity index is 856. The minimum atomic E-state index is -1.22. The van der Waals surface area contributed by atoms with Crippen molar-refractivity contribution in [3.63, 3.8) is 0 Å². The van der Waals surface area contributed by atoms with Gasteiger partial charge in [-0.05, 0) is 25.5 Å². The normalized spacial score (nSPS) is 12.4. The van der Waals surface area contributed by atoms with E-state index in [0.717, 1.165) is 18.7 Å². The molecule has 1 N–H and O–H groups in total. The van der Waals surface area contributed by atoms with Gasteiger partial charge in [0.1, 0.15) is 30.1 Å². The molecule has 0 saturated heterocycles. The third-order valence-electron chi connectivity index (χ3n) is 4.35. The minimum absolute atomic E-state index is 0.0447. The van der Waals surface area contributed by atoms with Gasteiger partial charge in [-0.3, -0.25) is 4.40 Å². The average Bonchev–Trinajstić information content (AvgIpc) is 2.95. The number of quaternary nitrogens is 1. The van der Waals surface area contributed by atoms with Gasteiger partial charge in [-0.15, -0.1) is 0 Å². The second-order valence-electron chi connectivity index (χ2n) is 6.02. The van der Waals surface area contributed by atoms with Crippen LogP contribution in [0.2, 0.25) is 0 Å². The lowest BCUT2D eigenvalue weighted by atomic mass is 10.2. The molecule has 1 unspecified atom stereocenters. The Morgan fingerprint density at radius 1 is 1.17 bits per heavy atom. The number of fused-ring (bicyclic) bond motifs is 1. The molecule has 0 amide bonds. The molecule has 124 valence electrons. The van der Waals surface area contributed by atoms with Gasteiger partial charge in [0.05, 0.1) is 12.5 Å². The summed E-state index contributed by atoms with van der Waals surface area (Å²) in [7, 11) is 0. The van der Waals surface area contributed by atoms with Crippen LogP contribution in [0, 0.1) is 6.92 Å². The number of carboxylic acid groups (broad SMARTS) is 1. The van der Waals surface area contributed by atoms with Crippen LogP contribution in [0.1, 0.15) is 34.2 Å². The second-order valence-corrected chi connectivity index (χ2v) is 6.02. The molecular weight excluding hydrogens is 302 g/mol. The number of nitrogens with one attached hydrogen (secondary N) is 1. The minimum Gasteiger partial charge on any atom is -0.543 e. The SMILES string of the molecule is CC[NH+](Cc1ccccc1)Cc1c(C(=O)[O-])nc2c(C)cccn12. The molecule has 0 bridgehead atoms. The van der Waals surface area contributed by atoms with Crippen LogP contribution in [-0.4, -0.2) is 21.9 Å². The highest BCUT2D eigenvalue weighted by atomic mass is 16.4. The number of hydrogen-bond acceptors (Lipinski definition) is 3. The summed E-state index contributed by atoms with van der Waals surface area (Å²) in [5, 5.41) is 11.5. The van der Waals surface area contributed by atoms with Gasteiger partial charge in [0.2, 0.25) is 0 Å². The molecule has 0 spiro atoms. The first-order valence-corrected chi connectivity index (χ1v) is 8.15. The predicted octanol–water partition coefficient (Wildman–Crippen LogP) is 0.611. The maximum Gasteiger partial charge on any atom is 0.140 e. The van der Waals surface area contributed by atoms with Gasteiger partial charge in [-0.1, -0.05) is 36.4 Å². The lowest BCUT2D eigenvalue weighted by Crippen LogP contribution is -3.09. The largest absolute Gasteiger partial charge is 0.543 e. The van der Waals surface area contributed by atoms with Crippen LogP contribution in [0.5, 0.6) is 0 Å². The van der Waals surface area contributed by atoms with E-state index in [1.807, 2.05) is 47.9 Å². The van der Waals surface area contributed by atoms with Crippen molar-refractivity contribution in [2.45, 2.75) is 26.9 Å². The van der Waals surface area contributed by atoms with Crippen molar-refractivity contribution in [3.8, 4) is 0 Å².